The fourth-order valence-corrected chi connectivity index (χ4v) is 13.7. The van der Waals surface area contributed by atoms with Gasteiger partial charge >= 0.3 is 11.9 Å². The normalized spacial score (nSPS) is 31.9. The zero-order valence-corrected chi connectivity index (χ0v) is 39.5. The predicted molar refractivity (Wildman–Crippen MR) is 256 cm³/mol. The Bertz CT molecular complexity index is 2580. The Morgan fingerprint density at radius 1 is 0.853 bits per heavy atom. The van der Waals surface area contributed by atoms with Crippen molar-refractivity contribution in [3.63, 3.8) is 0 Å². The minimum atomic E-state index is -1.60. The van der Waals surface area contributed by atoms with Crippen molar-refractivity contribution in [2.45, 2.75) is 171 Å². The first kappa shape index (κ1) is 46.7. The Hall–Kier alpha value is -4.99. The number of benzene rings is 3. The summed E-state index contributed by atoms with van der Waals surface area (Å²) in [4.78, 5) is 43.7. The molecule has 68 heavy (non-hydrogen) atoms. The van der Waals surface area contributed by atoms with Crippen molar-refractivity contribution >= 4 is 23.4 Å². The van der Waals surface area contributed by atoms with Gasteiger partial charge in [-0.3, -0.25) is 9.59 Å². The van der Waals surface area contributed by atoms with E-state index in [2.05, 4.69) is 42.3 Å². The van der Waals surface area contributed by atoms with Crippen molar-refractivity contribution in [2.75, 3.05) is 11.9 Å². The molecule has 10 atom stereocenters. The van der Waals surface area contributed by atoms with Crippen molar-refractivity contribution < 1.29 is 49.4 Å². The van der Waals surface area contributed by atoms with Crippen LogP contribution < -0.4 is 10.1 Å². The fourth-order valence-electron chi connectivity index (χ4n) is 13.7. The smallest absolute Gasteiger partial charge is 0.334 e. The molecular formula is C57H67NO10. The zero-order valence-electron chi connectivity index (χ0n) is 39.5. The van der Waals surface area contributed by atoms with E-state index in [4.69, 9.17) is 9.47 Å². The highest BCUT2D eigenvalue weighted by Gasteiger charge is 2.59. The molecule has 0 spiro atoms. The molecule has 0 amide bonds. The van der Waals surface area contributed by atoms with Crippen LogP contribution in [-0.2, 0) is 51.4 Å². The van der Waals surface area contributed by atoms with Crippen LogP contribution in [0.3, 0.4) is 0 Å². The van der Waals surface area contributed by atoms with Gasteiger partial charge in [-0.1, -0.05) is 68.7 Å². The summed E-state index contributed by atoms with van der Waals surface area (Å²) in [6.07, 6.45) is 6.07. The molecule has 0 unspecified atom stereocenters. The van der Waals surface area contributed by atoms with E-state index in [-0.39, 0.29) is 85.5 Å². The number of carbonyl (C=O) groups excluding carboxylic acids is 3. The quantitative estimate of drug-likeness (QED) is 0.0769. The number of aliphatic hydroxyl groups excluding tert-OH is 3. The summed E-state index contributed by atoms with van der Waals surface area (Å²) in [5.41, 5.74) is 5.94. The molecule has 6 N–H and O–H groups in total. The van der Waals surface area contributed by atoms with Crippen LogP contribution in [0.1, 0.15) is 160 Å². The van der Waals surface area contributed by atoms with Gasteiger partial charge in [-0.25, -0.2) is 4.79 Å². The van der Waals surface area contributed by atoms with Gasteiger partial charge in [-0.15, -0.1) is 0 Å². The molecule has 0 saturated heterocycles. The summed E-state index contributed by atoms with van der Waals surface area (Å²) in [5, 5.41) is 63.1. The van der Waals surface area contributed by atoms with Gasteiger partial charge in [0, 0.05) is 60.0 Å². The Kier molecular flexibility index (Phi) is 13.1. The molecule has 3 saturated carbocycles. The molecule has 4 aliphatic carbocycles. The SMILES string of the molecule is CC[C@H]1CC[C@H]2[C@@H]3Cc4ccc5c(c4)C[C@@H](O)/C(=C4/C[C@@H](c6cc(CO)cc(NC[C@H](C)O)c6)C#C[C@@H]6CC(=O)Oc7c6cc(c(O)c7C6CCCCC6)C[C@@H](OC4=O)[C@@]1(O)[C@@H]2CCC3=O)CC5. The minimum Gasteiger partial charge on any atom is -0.507 e. The van der Waals surface area contributed by atoms with Crippen LogP contribution in [0.2, 0.25) is 0 Å². The molecule has 11 heteroatoms. The fraction of sp³-hybridized carbons (Fsp3) is 0.561. The molecule has 3 fully saturated rings. The summed E-state index contributed by atoms with van der Waals surface area (Å²) >= 11 is 0. The second-order valence-corrected chi connectivity index (χ2v) is 21.3. The van der Waals surface area contributed by atoms with Gasteiger partial charge in [0.25, 0.3) is 0 Å². The standard InChI is InChI=1S/C57H67NO10/c1-3-41-14-16-43-46-22-32-9-10-34-13-15-44(50(62)26-39(34)19-32)47-24-36(38-20-33(30-59)21-42(23-38)58-29-31(2)60)11-12-37-28-52(63)68-55-45(37)25-40(54(64)53(55)35-7-5-4-6-8-35)27-51(67-56(47)65)57(41,66)48(43)17-18-49(46)61/h9-10,19-21,23,25,31,35-37,41,43,46,48,50-51,58-60,62,64,66H,3-8,13-18,22,24,26-30H2,1-2H3/b47-44-/t31-,36-,37+,41-,43-,46-,48+,50+,51+,57-/m0/s1. The third-order valence-corrected chi connectivity index (χ3v) is 17.2. The number of ether oxygens (including phenoxy) is 2. The van der Waals surface area contributed by atoms with Crippen LogP contribution >= 0.6 is 0 Å². The van der Waals surface area contributed by atoms with Gasteiger partial charge in [0.15, 0.2) is 0 Å². The maximum Gasteiger partial charge on any atom is 0.334 e. The monoisotopic (exact) mass is 925 g/mol. The number of ketones is 1. The third kappa shape index (κ3) is 8.69. The molecule has 11 nitrogen and oxygen atoms in total. The lowest BCUT2D eigenvalue weighted by Crippen LogP contribution is -2.63. The summed E-state index contributed by atoms with van der Waals surface area (Å²) in [5.74, 6) is 3.78. The minimum absolute atomic E-state index is 0.00963. The molecule has 0 aromatic heterocycles. The first-order valence-corrected chi connectivity index (χ1v) is 25.6. The Morgan fingerprint density at radius 2 is 1.66 bits per heavy atom. The Morgan fingerprint density at radius 3 is 2.44 bits per heavy atom. The van der Waals surface area contributed by atoms with Gasteiger partial charge in [-0.2, -0.15) is 0 Å². The number of hydrogen-bond donors (Lipinski definition) is 6. The van der Waals surface area contributed by atoms with Crippen LogP contribution in [-0.4, -0.2) is 73.7 Å². The second kappa shape index (κ2) is 19.1. The number of carbonyl (C=O) groups is 3. The highest BCUT2D eigenvalue weighted by molar-refractivity contribution is 5.90. The van der Waals surface area contributed by atoms with Crippen molar-refractivity contribution in [3.05, 3.63) is 98.1 Å². The average molecular weight is 926 g/mol. The van der Waals surface area contributed by atoms with Crippen molar-refractivity contribution in [1.82, 2.24) is 0 Å². The van der Waals surface area contributed by atoms with E-state index in [1.807, 2.05) is 24.3 Å². The average Bonchev–Trinajstić information content (AvgIpc) is 3.48. The number of phenols is 1. The molecule has 7 aliphatic rings. The van der Waals surface area contributed by atoms with Gasteiger partial charge < -0.3 is 40.3 Å². The topological polar surface area (TPSA) is 183 Å². The number of phenolic OH excluding ortho intramolecular Hbond substituents is 1. The number of aryl methyl sites for hydroxylation is 1. The third-order valence-electron chi connectivity index (χ3n) is 17.2. The zero-order chi connectivity index (χ0) is 47.4. The number of esters is 2. The van der Waals surface area contributed by atoms with Gasteiger partial charge in [0.1, 0.15) is 29.0 Å². The number of nitrogens with one attached hydrogen (secondary N) is 1. The van der Waals surface area contributed by atoms with Crippen molar-refractivity contribution in [2.24, 2.45) is 23.7 Å². The number of rotatable bonds is 7. The summed E-state index contributed by atoms with van der Waals surface area (Å²) in [6, 6.07) is 13.8. The number of Topliss-reactive ketones (excluding diaryl/α,β-unsaturated/α-hetero) is 1. The maximum absolute atomic E-state index is 15.8. The van der Waals surface area contributed by atoms with Crippen LogP contribution in [0, 0.1) is 35.5 Å². The number of hydrogen-bond acceptors (Lipinski definition) is 11. The van der Waals surface area contributed by atoms with E-state index < -0.39 is 47.7 Å². The molecule has 11 bridgehead atoms. The molecule has 3 aliphatic heterocycles. The summed E-state index contributed by atoms with van der Waals surface area (Å²) in [6.45, 7) is 3.71. The lowest BCUT2D eigenvalue weighted by Gasteiger charge is -2.56. The van der Waals surface area contributed by atoms with Gasteiger partial charge in [0.2, 0.25) is 0 Å². The second-order valence-electron chi connectivity index (χ2n) is 21.3. The van der Waals surface area contributed by atoms with E-state index in [0.29, 0.717) is 89.8 Å². The van der Waals surface area contributed by atoms with Crippen LogP contribution in [0.15, 0.2) is 53.6 Å². The van der Waals surface area contributed by atoms with E-state index in [1.165, 1.54) is 0 Å². The number of aromatic hydroxyl groups is 1. The predicted octanol–water partition coefficient (Wildman–Crippen LogP) is 7.93. The molecule has 3 heterocycles. The largest absolute Gasteiger partial charge is 0.507 e. The number of fused-ring (bicyclic) bond motifs is 8. The lowest BCUT2D eigenvalue weighted by molar-refractivity contribution is -0.212. The first-order valence-electron chi connectivity index (χ1n) is 25.6. The van der Waals surface area contributed by atoms with Gasteiger partial charge in [0.05, 0.1) is 31.2 Å². The number of anilines is 1. The van der Waals surface area contributed by atoms with Crippen LogP contribution in [0.25, 0.3) is 0 Å². The van der Waals surface area contributed by atoms with Crippen molar-refractivity contribution in [1.29, 1.82) is 0 Å². The molecule has 360 valence electrons. The molecule has 0 radical (unpaired) electrons. The summed E-state index contributed by atoms with van der Waals surface area (Å²) in [7, 11) is 0. The lowest BCUT2D eigenvalue weighted by atomic mass is 9.53. The van der Waals surface area contributed by atoms with E-state index in [1.54, 1.807) is 6.92 Å². The first-order chi connectivity index (χ1) is 32.8. The Labute approximate surface area is 399 Å². The number of aliphatic hydroxyl groups is 4. The van der Waals surface area contributed by atoms with Crippen LogP contribution in [0.4, 0.5) is 5.69 Å². The molecule has 10 rings (SSSR count). The van der Waals surface area contributed by atoms with E-state index in [0.717, 1.165) is 55.2 Å². The van der Waals surface area contributed by atoms with E-state index in [9.17, 15) is 35.1 Å². The Balaban J connectivity index is 1.24. The maximum atomic E-state index is 15.8. The van der Waals surface area contributed by atoms with Crippen LogP contribution in [0.5, 0.6) is 11.5 Å². The highest BCUT2D eigenvalue weighted by Crippen LogP contribution is 2.56. The molecule has 3 aromatic carbocycles. The summed E-state index contributed by atoms with van der Waals surface area (Å²) < 4.78 is 13.2. The molecule has 3 aromatic rings. The van der Waals surface area contributed by atoms with Crippen molar-refractivity contribution in [3.8, 4) is 23.3 Å². The van der Waals surface area contributed by atoms with Gasteiger partial charge in [-0.05, 0) is 146 Å². The van der Waals surface area contributed by atoms with E-state index >= 15 is 4.79 Å². The molecular weight excluding hydrogens is 859 g/mol. The highest BCUT2D eigenvalue weighted by atomic mass is 16.6.